The molecule has 1 amide bonds. The van der Waals surface area contributed by atoms with Gasteiger partial charge in [0.25, 0.3) is 11.6 Å². The minimum Gasteiger partial charge on any atom is -0.495 e. The molecule has 0 saturated heterocycles. The van der Waals surface area contributed by atoms with Crippen molar-refractivity contribution in [2.24, 2.45) is 0 Å². The molecule has 0 heterocycles. The van der Waals surface area contributed by atoms with Crippen molar-refractivity contribution in [2.45, 2.75) is 11.4 Å². The number of nitro benzene ring substituents is 1. The molecule has 0 fully saturated rings. The fraction of sp³-hybridized carbons (Fsp3) is 0.136. The number of thioether (sulfide) groups is 1. The van der Waals surface area contributed by atoms with Gasteiger partial charge >= 0.3 is 0 Å². The van der Waals surface area contributed by atoms with Crippen LogP contribution in [0.5, 0.6) is 5.75 Å². The topological polar surface area (TPSA) is 84.7 Å². The number of anilines is 1. The zero-order valence-electron chi connectivity index (χ0n) is 16.6. The molecule has 3 aromatic carbocycles. The summed E-state index contributed by atoms with van der Waals surface area (Å²) in [6.45, 7) is 0.399. The molecule has 3 rings (SSSR count). The van der Waals surface area contributed by atoms with Crippen molar-refractivity contribution in [3.63, 3.8) is 0 Å². The van der Waals surface area contributed by atoms with Crippen LogP contribution < -0.4 is 15.2 Å². The number of methoxy groups -OCH3 is 1. The molecule has 0 spiro atoms. The first-order valence-corrected chi connectivity index (χ1v) is 10.3. The third-order valence-electron chi connectivity index (χ3n) is 4.43. The number of amides is 1. The number of para-hydroxylation sites is 1. The van der Waals surface area contributed by atoms with E-state index in [1.165, 1.54) is 31.0 Å². The number of rotatable bonds is 8. The second-order valence-electron chi connectivity index (χ2n) is 6.33. The van der Waals surface area contributed by atoms with E-state index in [-0.39, 0.29) is 11.3 Å². The minimum atomic E-state index is -0.578. The minimum absolute atomic E-state index is 0.0286. The van der Waals surface area contributed by atoms with Crippen LogP contribution in [-0.4, -0.2) is 24.2 Å². The van der Waals surface area contributed by atoms with Crippen LogP contribution >= 0.6 is 11.8 Å². The van der Waals surface area contributed by atoms with Gasteiger partial charge in [0.1, 0.15) is 11.3 Å². The van der Waals surface area contributed by atoms with E-state index in [9.17, 15) is 14.9 Å². The standard InChI is InChI=1S/C22H21N3O4S/c1-29-20-14-19(25(27)28)18(13-21(20)30-2)22(26)23-24(17-11-7-4-8-12-17)15-16-9-5-3-6-10-16/h3-14H,15H2,1-2H3,(H,23,26). The maximum absolute atomic E-state index is 13.1. The summed E-state index contributed by atoms with van der Waals surface area (Å²) in [5.41, 5.74) is 4.23. The molecule has 0 unspecified atom stereocenters. The van der Waals surface area contributed by atoms with Crippen molar-refractivity contribution in [2.75, 3.05) is 18.4 Å². The molecule has 8 heteroatoms. The lowest BCUT2D eigenvalue weighted by atomic mass is 10.1. The first-order chi connectivity index (χ1) is 14.5. The van der Waals surface area contributed by atoms with Crippen LogP contribution in [0, 0.1) is 10.1 Å². The number of hydrazine groups is 1. The second kappa shape index (κ2) is 9.80. The molecule has 154 valence electrons. The Balaban J connectivity index is 1.96. The number of hydrogen-bond donors (Lipinski definition) is 1. The van der Waals surface area contributed by atoms with Crippen LogP contribution in [0.2, 0.25) is 0 Å². The van der Waals surface area contributed by atoms with Gasteiger partial charge in [0.05, 0.1) is 35.2 Å². The van der Waals surface area contributed by atoms with Crippen LogP contribution in [0.1, 0.15) is 15.9 Å². The van der Waals surface area contributed by atoms with E-state index in [4.69, 9.17) is 4.74 Å². The monoisotopic (exact) mass is 423 g/mol. The van der Waals surface area contributed by atoms with E-state index >= 15 is 0 Å². The van der Waals surface area contributed by atoms with Crippen molar-refractivity contribution in [3.8, 4) is 5.75 Å². The number of carbonyl (C=O) groups is 1. The van der Waals surface area contributed by atoms with Gasteiger partial charge in [-0.3, -0.25) is 25.3 Å². The molecule has 0 atom stereocenters. The van der Waals surface area contributed by atoms with Gasteiger partial charge in [0.2, 0.25) is 0 Å². The molecule has 0 aliphatic heterocycles. The highest BCUT2D eigenvalue weighted by atomic mass is 32.2. The Morgan fingerprint density at radius 1 is 1.10 bits per heavy atom. The van der Waals surface area contributed by atoms with E-state index in [0.717, 1.165) is 11.3 Å². The highest BCUT2D eigenvalue weighted by molar-refractivity contribution is 7.98. The average molecular weight is 423 g/mol. The predicted molar refractivity (Wildman–Crippen MR) is 118 cm³/mol. The maximum Gasteiger partial charge on any atom is 0.285 e. The van der Waals surface area contributed by atoms with Gasteiger partial charge < -0.3 is 4.74 Å². The van der Waals surface area contributed by atoms with Crippen molar-refractivity contribution in [1.29, 1.82) is 0 Å². The van der Waals surface area contributed by atoms with Crippen molar-refractivity contribution >= 4 is 29.0 Å². The summed E-state index contributed by atoms with van der Waals surface area (Å²) in [5, 5.41) is 13.3. The van der Waals surface area contributed by atoms with Crippen molar-refractivity contribution in [3.05, 3.63) is 94.0 Å². The second-order valence-corrected chi connectivity index (χ2v) is 7.18. The maximum atomic E-state index is 13.1. The van der Waals surface area contributed by atoms with Gasteiger partial charge in [-0.2, -0.15) is 0 Å². The fourth-order valence-electron chi connectivity index (χ4n) is 2.95. The van der Waals surface area contributed by atoms with Crippen LogP contribution in [-0.2, 0) is 6.54 Å². The smallest absolute Gasteiger partial charge is 0.285 e. The average Bonchev–Trinajstić information content (AvgIpc) is 2.78. The Hall–Kier alpha value is -3.52. The molecule has 7 nitrogen and oxygen atoms in total. The number of ether oxygens (including phenoxy) is 1. The number of benzene rings is 3. The van der Waals surface area contributed by atoms with Crippen molar-refractivity contribution < 1.29 is 14.5 Å². The van der Waals surface area contributed by atoms with E-state index in [2.05, 4.69) is 5.43 Å². The summed E-state index contributed by atoms with van der Waals surface area (Å²) in [6, 6.07) is 21.7. The first-order valence-electron chi connectivity index (χ1n) is 9.11. The molecule has 0 aliphatic carbocycles. The number of nitro groups is 1. The van der Waals surface area contributed by atoms with Gasteiger partial charge in [0, 0.05) is 0 Å². The van der Waals surface area contributed by atoms with Gasteiger partial charge in [0.15, 0.2) is 0 Å². The summed E-state index contributed by atoms with van der Waals surface area (Å²) >= 11 is 1.35. The third kappa shape index (κ3) is 4.90. The zero-order chi connectivity index (χ0) is 21.5. The lowest BCUT2D eigenvalue weighted by Crippen LogP contribution is -2.42. The number of nitrogens with one attached hydrogen (secondary N) is 1. The van der Waals surface area contributed by atoms with Crippen LogP contribution in [0.4, 0.5) is 11.4 Å². The van der Waals surface area contributed by atoms with Crippen LogP contribution in [0.25, 0.3) is 0 Å². The molecular formula is C22H21N3O4S. The number of nitrogens with zero attached hydrogens (tertiary/aromatic N) is 2. The normalized spacial score (nSPS) is 10.3. The van der Waals surface area contributed by atoms with Crippen LogP contribution in [0.15, 0.2) is 77.7 Å². The molecule has 0 saturated carbocycles. The van der Waals surface area contributed by atoms with Gasteiger partial charge in [-0.1, -0.05) is 48.5 Å². The SMILES string of the molecule is COc1cc([N+](=O)[O-])c(C(=O)NN(Cc2ccccc2)c2ccccc2)cc1SC. The lowest BCUT2D eigenvalue weighted by Gasteiger charge is -2.25. The quantitative estimate of drug-likeness (QED) is 0.322. The van der Waals surface area contributed by atoms with Gasteiger partial charge in [-0.05, 0) is 30.0 Å². The largest absolute Gasteiger partial charge is 0.495 e. The molecule has 30 heavy (non-hydrogen) atoms. The summed E-state index contributed by atoms with van der Waals surface area (Å²) in [6.07, 6.45) is 1.82. The molecule has 1 N–H and O–H groups in total. The highest BCUT2D eigenvalue weighted by Crippen LogP contribution is 2.34. The van der Waals surface area contributed by atoms with E-state index in [0.29, 0.717) is 17.2 Å². The Morgan fingerprint density at radius 2 is 1.73 bits per heavy atom. The highest BCUT2D eigenvalue weighted by Gasteiger charge is 2.25. The molecule has 3 aromatic rings. The number of carbonyl (C=O) groups excluding carboxylic acids is 1. The van der Waals surface area contributed by atoms with Crippen LogP contribution in [0.3, 0.4) is 0 Å². The van der Waals surface area contributed by atoms with Crippen molar-refractivity contribution in [1.82, 2.24) is 5.43 Å². The molecule has 0 aliphatic rings. The summed E-state index contributed by atoms with van der Waals surface area (Å²) in [5.74, 6) is -0.214. The zero-order valence-corrected chi connectivity index (χ0v) is 17.4. The third-order valence-corrected chi connectivity index (χ3v) is 5.19. The fourth-order valence-corrected chi connectivity index (χ4v) is 3.53. The van der Waals surface area contributed by atoms with Gasteiger partial charge in [-0.25, -0.2) is 0 Å². The molecule has 0 bridgehead atoms. The molecular weight excluding hydrogens is 402 g/mol. The summed E-state index contributed by atoms with van der Waals surface area (Å²) in [4.78, 5) is 24.8. The van der Waals surface area contributed by atoms with E-state index < -0.39 is 10.8 Å². The Kier molecular flexibility index (Phi) is 6.92. The lowest BCUT2D eigenvalue weighted by molar-refractivity contribution is -0.385. The van der Waals surface area contributed by atoms with Gasteiger partial charge in [-0.15, -0.1) is 11.8 Å². The Morgan fingerprint density at radius 3 is 2.30 bits per heavy atom. The molecule has 0 aromatic heterocycles. The van der Waals surface area contributed by atoms with E-state index in [1.807, 2.05) is 66.9 Å². The Labute approximate surface area is 178 Å². The predicted octanol–water partition coefficient (Wildman–Crippen LogP) is 4.68. The summed E-state index contributed by atoms with van der Waals surface area (Å²) < 4.78 is 5.22. The van der Waals surface area contributed by atoms with E-state index in [1.54, 1.807) is 5.01 Å². The molecule has 0 radical (unpaired) electrons. The Bertz CT molecular complexity index is 1030. The number of hydrogen-bond acceptors (Lipinski definition) is 6. The summed E-state index contributed by atoms with van der Waals surface area (Å²) in [7, 11) is 1.44. The first kappa shape index (κ1) is 21.2.